The highest BCUT2D eigenvalue weighted by Gasteiger charge is 2.30. The van der Waals surface area contributed by atoms with Crippen molar-refractivity contribution in [3.8, 4) is 0 Å². The predicted molar refractivity (Wildman–Crippen MR) is 39.8 cm³/mol. The van der Waals surface area contributed by atoms with Gasteiger partial charge in [0.15, 0.2) is 5.25 Å². The normalized spacial score (nSPS) is 13.8. The number of carbonyl (C=O) groups excluding carboxylic acids is 1. The van der Waals surface area contributed by atoms with Crippen molar-refractivity contribution in [2.24, 2.45) is 10.9 Å². The predicted octanol–water partition coefficient (Wildman–Crippen LogP) is -1.12. The molecule has 0 fully saturated rings. The number of nitroso groups, excluding NO2 is 1. The van der Waals surface area contributed by atoms with Crippen LogP contribution in [-0.4, -0.2) is 30.7 Å². The first-order valence-electron chi connectivity index (χ1n) is 2.97. The Morgan fingerprint density at radius 2 is 2.08 bits per heavy atom. The molecule has 0 aromatic heterocycles. The van der Waals surface area contributed by atoms with Gasteiger partial charge >= 0.3 is 5.91 Å². The summed E-state index contributed by atoms with van der Waals surface area (Å²) in [5.41, 5.74) is 4.95. The molecule has 3 N–H and O–H groups in total. The zero-order valence-corrected chi connectivity index (χ0v) is 6.82. The van der Waals surface area contributed by atoms with Crippen LogP contribution in [0, 0.1) is 4.91 Å². The topological polar surface area (TPSA) is 127 Å². The van der Waals surface area contributed by atoms with Gasteiger partial charge in [0.2, 0.25) is 0 Å². The molecular weight excluding hydrogens is 188 g/mol. The van der Waals surface area contributed by atoms with Crippen LogP contribution in [0.3, 0.4) is 0 Å². The van der Waals surface area contributed by atoms with Gasteiger partial charge in [-0.15, -0.1) is 4.91 Å². The van der Waals surface area contributed by atoms with Gasteiger partial charge in [0, 0.05) is 5.18 Å². The van der Waals surface area contributed by atoms with E-state index in [9.17, 15) is 18.1 Å². The maximum absolute atomic E-state index is 10.5. The first-order valence-corrected chi connectivity index (χ1v) is 4.47. The molecule has 12 heavy (non-hydrogen) atoms. The van der Waals surface area contributed by atoms with Gasteiger partial charge in [-0.1, -0.05) is 0 Å². The lowest BCUT2D eigenvalue weighted by molar-refractivity contribution is -0.117. The molecule has 8 heteroatoms. The Labute approximate surface area is 68.7 Å². The Morgan fingerprint density at radius 1 is 1.58 bits per heavy atom. The highest BCUT2D eigenvalue weighted by Crippen LogP contribution is 2.05. The second-order valence-corrected chi connectivity index (χ2v) is 3.61. The van der Waals surface area contributed by atoms with Gasteiger partial charge in [-0.25, -0.2) is 0 Å². The third kappa shape index (κ3) is 3.03. The van der Waals surface area contributed by atoms with E-state index in [1.807, 2.05) is 5.18 Å². The molecule has 1 amide bonds. The van der Waals surface area contributed by atoms with E-state index in [1.54, 1.807) is 0 Å². The van der Waals surface area contributed by atoms with E-state index in [2.05, 4.69) is 0 Å². The molecule has 1 atom stereocenters. The van der Waals surface area contributed by atoms with Gasteiger partial charge in [0.05, 0.1) is 0 Å². The van der Waals surface area contributed by atoms with E-state index in [0.29, 0.717) is 0 Å². The molecule has 0 aliphatic carbocycles. The summed E-state index contributed by atoms with van der Waals surface area (Å²) in [7, 11) is -4.56. The summed E-state index contributed by atoms with van der Waals surface area (Å²) >= 11 is 0. The van der Waals surface area contributed by atoms with E-state index in [1.165, 1.54) is 0 Å². The molecule has 7 nitrogen and oxygen atoms in total. The summed E-state index contributed by atoms with van der Waals surface area (Å²) in [6, 6.07) is 0. The molecule has 0 saturated carbocycles. The molecular formula is C4H8N2O5S. The third-order valence-corrected chi connectivity index (χ3v) is 2.31. The van der Waals surface area contributed by atoms with Gasteiger partial charge in [0.25, 0.3) is 10.1 Å². The van der Waals surface area contributed by atoms with Crippen molar-refractivity contribution in [1.29, 1.82) is 0 Å². The summed E-state index contributed by atoms with van der Waals surface area (Å²) in [6.45, 7) is -0.133. The van der Waals surface area contributed by atoms with E-state index >= 15 is 0 Å². The molecule has 0 aliphatic rings. The summed E-state index contributed by atoms with van der Waals surface area (Å²) in [4.78, 5) is 20.1. The van der Waals surface area contributed by atoms with Crippen LogP contribution in [-0.2, 0) is 14.9 Å². The second kappa shape index (κ2) is 4.24. The lowest BCUT2D eigenvalue weighted by Crippen LogP contribution is -2.30. The molecule has 0 saturated heterocycles. The molecule has 0 radical (unpaired) electrons. The lowest BCUT2D eigenvalue weighted by atomic mass is 10.3. The third-order valence-electron chi connectivity index (χ3n) is 1.15. The minimum absolute atomic E-state index is 0.133. The molecule has 1 unspecified atom stereocenters. The molecule has 0 aliphatic heterocycles. The van der Waals surface area contributed by atoms with Gasteiger partial charge < -0.3 is 5.73 Å². The van der Waals surface area contributed by atoms with Crippen LogP contribution in [0.25, 0.3) is 0 Å². The van der Waals surface area contributed by atoms with E-state index in [0.717, 1.165) is 0 Å². The number of nitrogens with two attached hydrogens (primary N) is 1. The molecule has 0 aromatic rings. The Balaban J connectivity index is 4.67. The van der Waals surface area contributed by atoms with E-state index in [-0.39, 0.29) is 13.0 Å². The number of amides is 1. The average Bonchev–Trinajstić information content (AvgIpc) is 1.96. The minimum Gasteiger partial charge on any atom is -0.330 e. The number of carbonyl (C=O) groups is 1. The number of hydrogen-bond acceptors (Lipinski definition) is 5. The van der Waals surface area contributed by atoms with Crippen LogP contribution in [0.2, 0.25) is 0 Å². The number of nitrogens with zero attached hydrogens (tertiary/aromatic N) is 1. The lowest BCUT2D eigenvalue weighted by Gasteiger charge is -2.05. The minimum atomic E-state index is -4.56. The summed E-state index contributed by atoms with van der Waals surface area (Å²) in [6.07, 6.45) is -0.316. The SMILES string of the molecule is NCCC(C(=O)N=O)S(=O)(=O)O. The first kappa shape index (κ1) is 11.1. The van der Waals surface area contributed by atoms with Crippen molar-refractivity contribution in [3.05, 3.63) is 4.91 Å². The molecule has 0 aromatic carbocycles. The fourth-order valence-electron chi connectivity index (χ4n) is 0.610. The van der Waals surface area contributed by atoms with Crippen molar-refractivity contribution < 1.29 is 17.8 Å². The van der Waals surface area contributed by atoms with Crippen LogP contribution >= 0.6 is 0 Å². The molecule has 0 spiro atoms. The Kier molecular flexibility index (Phi) is 3.93. The zero-order valence-electron chi connectivity index (χ0n) is 6.00. The van der Waals surface area contributed by atoms with Crippen LogP contribution in [0.4, 0.5) is 0 Å². The number of hydrogen-bond donors (Lipinski definition) is 2. The Hall–Kier alpha value is -0.860. The quantitative estimate of drug-likeness (QED) is 0.433. The largest absolute Gasteiger partial charge is 0.330 e. The number of rotatable bonds is 4. The van der Waals surface area contributed by atoms with Crippen LogP contribution in [0.1, 0.15) is 6.42 Å². The fraction of sp³-hybridized carbons (Fsp3) is 0.750. The van der Waals surface area contributed by atoms with Gasteiger partial charge in [-0.3, -0.25) is 9.35 Å². The highest BCUT2D eigenvalue weighted by molar-refractivity contribution is 7.87. The van der Waals surface area contributed by atoms with Crippen molar-refractivity contribution in [1.82, 2.24) is 0 Å². The maximum atomic E-state index is 10.5. The van der Waals surface area contributed by atoms with Crippen molar-refractivity contribution >= 4 is 16.0 Å². The van der Waals surface area contributed by atoms with Gasteiger partial charge in [-0.05, 0) is 13.0 Å². The van der Waals surface area contributed by atoms with Gasteiger partial charge in [0.1, 0.15) is 0 Å². The second-order valence-electron chi connectivity index (χ2n) is 2.01. The van der Waals surface area contributed by atoms with E-state index in [4.69, 9.17) is 10.3 Å². The van der Waals surface area contributed by atoms with Crippen molar-refractivity contribution in [2.45, 2.75) is 11.7 Å². The monoisotopic (exact) mass is 196 g/mol. The molecule has 0 rings (SSSR count). The van der Waals surface area contributed by atoms with Crippen LogP contribution in [0.5, 0.6) is 0 Å². The van der Waals surface area contributed by atoms with Crippen molar-refractivity contribution in [3.63, 3.8) is 0 Å². The highest BCUT2D eigenvalue weighted by atomic mass is 32.2. The molecule has 0 heterocycles. The smallest absolute Gasteiger partial charge is 0.306 e. The zero-order chi connectivity index (χ0) is 9.78. The van der Waals surface area contributed by atoms with Crippen molar-refractivity contribution in [2.75, 3.05) is 6.54 Å². The Morgan fingerprint density at radius 3 is 2.33 bits per heavy atom. The fourth-order valence-corrected chi connectivity index (χ4v) is 1.34. The first-order chi connectivity index (χ1) is 5.43. The summed E-state index contributed by atoms with van der Waals surface area (Å²) < 4.78 is 29.2. The summed E-state index contributed by atoms with van der Waals surface area (Å²) in [5, 5.41) is 0.0708. The standard InChI is InChI=1S/C4H8N2O5S/c5-2-1-3(4(7)6-8)12(9,10)11/h3H,1-2,5H2,(H,9,10,11). The molecule has 0 bridgehead atoms. The van der Waals surface area contributed by atoms with E-state index < -0.39 is 21.3 Å². The average molecular weight is 196 g/mol. The Bertz CT molecular complexity index is 271. The maximum Gasteiger partial charge on any atom is 0.306 e. The van der Waals surface area contributed by atoms with Gasteiger partial charge in [-0.2, -0.15) is 8.42 Å². The van der Waals surface area contributed by atoms with Crippen LogP contribution in [0.15, 0.2) is 5.18 Å². The molecule has 70 valence electrons. The van der Waals surface area contributed by atoms with Crippen LogP contribution < -0.4 is 5.73 Å². The summed E-state index contributed by atoms with van der Waals surface area (Å²) in [5.74, 6) is -1.43.